The normalized spacial score (nSPS) is 11.4. The summed E-state index contributed by atoms with van der Waals surface area (Å²) < 4.78 is 28.1. The van der Waals surface area contributed by atoms with E-state index in [1.54, 1.807) is 12.1 Å². The predicted octanol–water partition coefficient (Wildman–Crippen LogP) is 3.22. The number of aromatic nitrogens is 3. The quantitative estimate of drug-likeness (QED) is 0.540. The van der Waals surface area contributed by atoms with E-state index < -0.39 is 10.0 Å². The van der Waals surface area contributed by atoms with E-state index in [1.807, 2.05) is 0 Å². The van der Waals surface area contributed by atoms with E-state index in [0.717, 1.165) is 16.2 Å². The van der Waals surface area contributed by atoms with Gasteiger partial charge in [-0.15, -0.1) is 0 Å². The van der Waals surface area contributed by atoms with Crippen molar-refractivity contribution in [1.82, 2.24) is 15.2 Å². The topological polar surface area (TPSA) is 108 Å². The monoisotopic (exact) mass is 426 g/mol. The third-order valence-corrected chi connectivity index (χ3v) is 5.80. The highest BCUT2D eigenvalue weighted by Crippen LogP contribution is 2.34. The van der Waals surface area contributed by atoms with Crippen molar-refractivity contribution in [3.8, 4) is 5.75 Å². The van der Waals surface area contributed by atoms with Gasteiger partial charge in [-0.25, -0.2) is 13.4 Å². The Labute approximate surface area is 150 Å². The molecule has 24 heavy (non-hydrogen) atoms. The van der Waals surface area contributed by atoms with Crippen molar-refractivity contribution in [2.75, 3.05) is 4.72 Å². The Bertz CT molecular complexity index is 945. The molecule has 0 saturated carbocycles. The van der Waals surface area contributed by atoms with Crippen LogP contribution in [0.5, 0.6) is 5.75 Å². The fourth-order valence-corrected chi connectivity index (χ4v) is 3.91. The van der Waals surface area contributed by atoms with Crippen LogP contribution in [0.4, 0.5) is 5.69 Å². The molecule has 0 aliphatic heterocycles. The van der Waals surface area contributed by atoms with Crippen LogP contribution < -0.4 is 4.72 Å². The average molecular weight is 427 g/mol. The highest BCUT2D eigenvalue weighted by molar-refractivity contribution is 9.10. The minimum Gasteiger partial charge on any atom is -0.507 e. The first-order valence-corrected chi connectivity index (χ1v) is 9.68. The van der Waals surface area contributed by atoms with Crippen molar-refractivity contribution in [2.24, 2.45) is 0 Å². The molecule has 7 nitrogen and oxygen atoms in total. The number of halogens is 1. The molecule has 10 heteroatoms. The summed E-state index contributed by atoms with van der Waals surface area (Å²) in [6.45, 7) is 0. The minimum absolute atomic E-state index is 0.0167. The van der Waals surface area contributed by atoms with E-state index in [0.29, 0.717) is 15.7 Å². The summed E-state index contributed by atoms with van der Waals surface area (Å²) >= 11 is 4.40. The Morgan fingerprint density at radius 1 is 1.17 bits per heavy atom. The lowest BCUT2D eigenvalue weighted by Gasteiger charge is -2.10. The molecule has 3 N–H and O–H groups in total. The molecule has 0 fully saturated rings. The van der Waals surface area contributed by atoms with E-state index in [4.69, 9.17) is 0 Å². The third-order valence-electron chi connectivity index (χ3n) is 2.94. The summed E-state index contributed by atoms with van der Waals surface area (Å²) in [5, 5.41) is 16.8. The van der Waals surface area contributed by atoms with Gasteiger partial charge in [0.1, 0.15) is 12.1 Å². The van der Waals surface area contributed by atoms with Gasteiger partial charge < -0.3 is 5.11 Å². The van der Waals surface area contributed by atoms with Crippen molar-refractivity contribution in [1.29, 1.82) is 0 Å². The van der Waals surface area contributed by atoms with Gasteiger partial charge in [-0.3, -0.25) is 9.82 Å². The number of aromatic amines is 1. The Balaban J connectivity index is 1.86. The molecular weight excluding hydrogens is 416 g/mol. The van der Waals surface area contributed by atoms with Crippen molar-refractivity contribution in [2.45, 2.75) is 14.9 Å². The number of anilines is 1. The van der Waals surface area contributed by atoms with Gasteiger partial charge in [-0.1, -0.05) is 15.9 Å². The van der Waals surface area contributed by atoms with Gasteiger partial charge in [0.05, 0.1) is 15.5 Å². The van der Waals surface area contributed by atoms with Crippen LogP contribution in [0.1, 0.15) is 0 Å². The maximum Gasteiger partial charge on any atom is 0.261 e. The molecule has 124 valence electrons. The number of phenols is 1. The van der Waals surface area contributed by atoms with E-state index in [2.05, 4.69) is 35.8 Å². The van der Waals surface area contributed by atoms with Crippen LogP contribution in [0.25, 0.3) is 0 Å². The Hall–Kier alpha value is -2.04. The van der Waals surface area contributed by atoms with Crippen LogP contribution >= 0.6 is 27.7 Å². The molecule has 1 heterocycles. The standard InChI is InChI=1S/C14H11BrN4O3S2/c15-9-1-4-11(5-2-9)24(21,22)19-10-3-6-12(20)13(7-10)23-14-16-8-17-18-14/h1-8,19-20H,(H,16,17,18). The van der Waals surface area contributed by atoms with Gasteiger partial charge in [0.15, 0.2) is 5.16 Å². The number of sulfonamides is 1. The number of nitrogens with one attached hydrogen (secondary N) is 2. The zero-order valence-corrected chi connectivity index (χ0v) is 15.2. The van der Waals surface area contributed by atoms with Gasteiger partial charge in [0.2, 0.25) is 0 Å². The van der Waals surface area contributed by atoms with Crippen molar-refractivity contribution < 1.29 is 13.5 Å². The third kappa shape index (κ3) is 3.89. The van der Waals surface area contributed by atoms with Crippen molar-refractivity contribution >= 4 is 43.4 Å². The molecule has 1 aromatic heterocycles. The Morgan fingerprint density at radius 3 is 2.58 bits per heavy atom. The SMILES string of the molecule is O=S(=O)(Nc1ccc(O)c(Sc2ncn[nH]2)c1)c1ccc(Br)cc1. The summed E-state index contributed by atoms with van der Waals surface area (Å²) in [7, 11) is -3.72. The van der Waals surface area contributed by atoms with Gasteiger partial charge in [-0.05, 0) is 54.2 Å². The molecule has 0 spiro atoms. The van der Waals surface area contributed by atoms with Gasteiger partial charge >= 0.3 is 0 Å². The molecule has 0 saturated heterocycles. The molecular formula is C14H11BrN4O3S2. The van der Waals surface area contributed by atoms with Crippen molar-refractivity contribution in [3.05, 3.63) is 53.3 Å². The second kappa shape index (κ2) is 6.83. The summed E-state index contributed by atoms with van der Waals surface area (Å²) in [5.41, 5.74) is 0.331. The highest BCUT2D eigenvalue weighted by Gasteiger charge is 2.15. The lowest BCUT2D eigenvalue weighted by Crippen LogP contribution is -2.12. The second-order valence-corrected chi connectivity index (χ2v) is 8.26. The number of phenolic OH excluding ortho intramolecular Hbond substituents is 1. The molecule has 0 amide bonds. The van der Waals surface area contributed by atoms with E-state index in [1.165, 1.54) is 36.7 Å². The summed E-state index contributed by atoms with van der Waals surface area (Å²) in [6, 6.07) is 10.7. The summed E-state index contributed by atoms with van der Waals surface area (Å²) in [5.74, 6) is 0.0167. The van der Waals surface area contributed by atoms with Crippen LogP contribution in [-0.4, -0.2) is 28.7 Å². The van der Waals surface area contributed by atoms with E-state index >= 15 is 0 Å². The molecule has 0 atom stereocenters. The highest BCUT2D eigenvalue weighted by atomic mass is 79.9. The first kappa shape index (κ1) is 16.8. The molecule has 2 aromatic carbocycles. The lowest BCUT2D eigenvalue weighted by molar-refractivity contribution is 0.462. The van der Waals surface area contributed by atoms with Crippen LogP contribution in [0, 0.1) is 0 Å². The lowest BCUT2D eigenvalue weighted by atomic mass is 10.3. The molecule has 0 aliphatic rings. The largest absolute Gasteiger partial charge is 0.507 e. The maximum absolute atomic E-state index is 12.4. The second-order valence-electron chi connectivity index (χ2n) is 4.63. The molecule has 0 unspecified atom stereocenters. The summed E-state index contributed by atoms with van der Waals surface area (Å²) in [6.07, 6.45) is 1.35. The first-order valence-electron chi connectivity index (χ1n) is 6.59. The van der Waals surface area contributed by atoms with E-state index in [-0.39, 0.29) is 10.6 Å². The number of hydrogen-bond donors (Lipinski definition) is 3. The van der Waals surface area contributed by atoms with Gasteiger partial charge in [0, 0.05) is 4.47 Å². The number of benzene rings is 2. The van der Waals surface area contributed by atoms with E-state index in [9.17, 15) is 13.5 Å². The average Bonchev–Trinajstić information content (AvgIpc) is 3.04. The van der Waals surface area contributed by atoms with Crippen LogP contribution in [0.15, 0.2) is 68.2 Å². The zero-order valence-electron chi connectivity index (χ0n) is 12.0. The number of nitrogens with zero attached hydrogens (tertiary/aromatic N) is 2. The molecule has 3 aromatic rings. The van der Waals surface area contributed by atoms with Crippen LogP contribution in [-0.2, 0) is 10.0 Å². The fraction of sp³-hybridized carbons (Fsp3) is 0. The molecule has 0 aliphatic carbocycles. The van der Waals surface area contributed by atoms with Crippen LogP contribution in [0.2, 0.25) is 0 Å². The maximum atomic E-state index is 12.4. The smallest absolute Gasteiger partial charge is 0.261 e. The zero-order chi connectivity index (χ0) is 17.2. The molecule has 0 bridgehead atoms. The fourth-order valence-electron chi connectivity index (χ4n) is 1.83. The molecule has 0 radical (unpaired) electrons. The van der Waals surface area contributed by atoms with Gasteiger partial charge in [0.25, 0.3) is 10.0 Å². The Morgan fingerprint density at radius 2 is 1.92 bits per heavy atom. The van der Waals surface area contributed by atoms with Crippen molar-refractivity contribution in [3.63, 3.8) is 0 Å². The predicted molar refractivity (Wildman–Crippen MR) is 93.6 cm³/mol. The van der Waals surface area contributed by atoms with Crippen LogP contribution in [0.3, 0.4) is 0 Å². The molecule has 3 rings (SSSR count). The number of hydrogen-bond acceptors (Lipinski definition) is 6. The van der Waals surface area contributed by atoms with Gasteiger partial charge in [-0.2, -0.15) is 5.10 Å². The minimum atomic E-state index is -3.72. The number of aromatic hydroxyl groups is 1. The number of rotatable bonds is 5. The number of H-pyrrole nitrogens is 1. The Kier molecular flexibility index (Phi) is 4.78. The first-order chi connectivity index (χ1) is 11.4. The summed E-state index contributed by atoms with van der Waals surface area (Å²) in [4.78, 5) is 4.54.